The number of likely N-dealkylation sites (tertiary alicyclic amines) is 1. The van der Waals surface area contributed by atoms with Crippen LogP contribution in [0.25, 0.3) is 0 Å². The van der Waals surface area contributed by atoms with E-state index in [0.29, 0.717) is 26.4 Å². The molecule has 1 amide bonds. The summed E-state index contributed by atoms with van der Waals surface area (Å²) >= 11 is 0. The fourth-order valence-corrected chi connectivity index (χ4v) is 4.04. The number of carbonyl (C=O) groups excluding carboxylic acids is 1. The standard InChI is InChI=1S/C17H23N3O3.2C2HF3O2/c1-13-4-2-5-15(18-13)9-19-8-14-10-22-12-17(14,11-19)16(21)20-6-3-7-23-20;2*3-2(4,5)1(6)7/h2,4-5,14H,3,6-12H2,1H3;2*(H,6,7)/t14-,17-;;/m1../s1. The first kappa shape index (κ1) is 30.2. The second-order valence-electron chi connectivity index (χ2n) is 8.51. The van der Waals surface area contributed by atoms with Crippen LogP contribution in [0.1, 0.15) is 17.8 Å². The summed E-state index contributed by atoms with van der Waals surface area (Å²) < 4.78 is 69.1. The fourth-order valence-electron chi connectivity index (χ4n) is 4.04. The van der Waals surface area contributed by atoms with E-state index in [4.69, 9.17) is 29.4 Å². The first-order valence-electron chi connectivity index (χ1n) is 10.8. The molecule has 0 aromatic carbocycles. The number of carboxylic acids is 2. The van der Waals surface area contributed by atoms with Crippen LogP contribution in [0, 0.1) is 18.3 Å². The monoisotopic (exact) mass is 545 g/mol. The number of fused-ring (bicyclic) bond motifs is 1. The molecule has 1 aromatic heterocycles. The van der Waals surface area contributed by atoms with Gasteiger partial charge in [-0.15, -0.1) is 0 Å². The number of hydrogen-bond acceptors (Lipinski definition) is 7. The lowest BCUT2D eigenvalue weighted by Crippen LogP contribution is -2.47. The van der Waals surface area contributed by atoms with E-state index in [-0.39, 0.29) is 11.8 Å². The third kappa shape index (κ3) is 8.26. The lowest BCUT2D eigenvalue weighted by atomic mass is 9.80. The average Bonchev–Trinajstić information content (AvgIpc) is 3.49. The highest BCUT2D eigenvalue weighted by atomic mass is 19.4. The van der Waals surface area contributed by atoms with Crippen molar-refractivity contribution in [3.8, 4) is 0 Å². The second-order valence-corrected chi connectivity index (χ2v) is 8.51. The summed E-state index contributed by atoms with van der Waals surface area (Å²) in [5.74, 6) is -5.15. The van der Waals surface area contributed by atoms with Crippen molar-refractivity contribution in [3.05, 3.63) is 29.6 Å². The second kappa shape index (κ2) is 12.0. The topological polar surface area (TPSA) is 130 Å². The molecule has 16 heteroatoms. The lowest BCUT2D eigenvalue weighted by Gasteiger charge is -2.29. The van der Waals surface area contributed by atoms with E-state index in [0.717, 1.165) is 37.4 Å². The van der Waals surface area contributed by atoms with Gasteiger partial charge in [0.1, 0.15) is 0 Å². The molecule has 0 unspecified atom stereocenters. The fraction of sp³-hybridized carbons (Fsp3) is 0.619. The minimum atomic E-state index is -5.08. The molecule has 2 N–H and O–H groups in total. The van der Waals surface area contributed by atoms with Gasteiger partial charge in [-0.1, -0.05) is 6.07 Å². The maximum absolute atomic E-state index is 13.0. The molecule has 0 aliphatic carbocycles. The molecule has 4 heterocycles. The molecule has 3 saturated heterocycles. The van der Waals surface area contributed by atoms with Gasteiger partial charge in [-0.05, 0) is 25.5 Å². The number of aryl methyl sites for hydroxylation is 1. The maximum atomic E-state index is 13.0. The zero-order valence-electron chi connectivity index (χ0n) is 19.5. The van der Waals surface area contributed by atoms with Crippen molar-refractivity contribution in [3.63, 3.8) is 0 Å². The summed E-state index contributed by atoms with van der Waals surface area (Å²) in [5.41, 5.74) is 1.65. The Hall–Kier alpha value is -2.98. The van der Waals surface area contributed by atoms with Crippen molar-refractivity contribution in [1.29, 1.82) is 0 Å². The number of carboxylic acid groups (broad SMARTS) is 2. The van der Waals surface area contributed by atoms with Crippen LogP contribution < -0.4 is 0 Å². The molecule has 0 radical (unpaired) electrons. The van der Waals surface area contributed by atoms with Crippen LogP contribution in [0.4, 0.5) is 26.3 Å². The highest BCUT2D eigenvalue weighted by Gasteiger charge is 2.57. The van der Waals surface area contributed by atoms with Crippen LogP contribution in [0.5, 0.6) is 0 Å². The Morgan fingerprint density at radius 1 is 1.11 bits per heavy atom. The van der Waals surface area contributed by atoms with Gasteiger partial charge in [0, 0.05) is 31.2 Å². The van der Waals surface area contributed by atoms with Gasteiger partial charge in [-0.25, -0.2) is 14.7 Å². The van der Waals surface area contributed by atoms with Gasteiger partial charge in [0.25, 0.3) is 5.91 Å². The number of aliphatic carboxylic acids is 2. The SMILES string of the molecule is Cc1cccc(CN2C[C@@H]3COC[C@]3(C(=O)N3CCCO3)C2)n1.O=C(O)C(F)(F)F.O=C(O)C(F)(F)F. The van der Waals surface area contributed by atoms with Crippen LogP contribution in [0.15, 0.2) is 18.2 Å². The Kier molecular flexibility index (Phi) is 9.84. The number of halogens is 6. The van der Waals surface area contributed by atoms with E-state index < -0.39 is 29.7 Å². The van der Waals surface area contributed by atoms with Crippen molar-refractivity contribution in [2.45, 2.75) is 32.2 Å². The molecule has 3 fully saturated rings. The molecule has 10 nitrogen and oxygen atoms in total. The number of hydrogen-bond donors (Lipinski definition) is 2. The van der Waals surface area contributed by atoms with Crippen LogP contribution >= 0.6 is 0 Å². The van der Waals surface area contributed by atoms with E-state index in [1.54, 1.807) is 5.06 Å². The molecule has 0 bridgehead atoms. The van der Waals surface area contributed by atoms with Gasteiger partial charge in [-0.3, -0.25) is 19.5 Å². The summed E-state index contributed by atoms with van der Waals surface area (Å²) in [6.07, 6.45) is -9.25. The number of hydroxylamine groups is 2. The number of ether oxygens (including phenoxy) is 1. The van der Waals surface area contributed by atoms with Crippen LogP contribution in [0.3, 0.4) is 0 Å². The molecular formula is C21H25F6N3O7. The first-order valence-corrected chi connectivity index (χ1v) is 10.8. The minimum Gasteiger partial charge on any atom is -0.475 e. The van der Waals surface area contributed by atoms with Gasteiger partial charge in [0.15, 0.2) is 0 Å². The maximum Gasteiger partial charge on any atom is 0.490 e. The number of aromatic nitrogens is 1. The summed E-state index contributed by atoms with van der Waals surface area (Å²) in [6.45, 7) is 6.92. The summed E-state index contributed by atoms with van der Waals surface area (Å²) in [4.78, 5) is 43.2. The quantitative estimate of drug-likeness (QED) is 0.550. The van der Waals surface area contributed by atoms with Crippen molar-refractivity contribution in [1.82, 2.24) is 14.9 Å². The van der Waals surface area contributed by atoms with E-state index in [1.165, 1.54) is 0 Å². The first-order chi connectivity index (χ1) is 17.1. The van der Waals surface area contributed by atoms with Gasteiger partial charge in [-0.2, -0.15) is 26.3 Å². The molecule has 3 aliphatic heterocycles. The normalized spacial score (nSPS) is 23.4. The highest BCUT2D eigenvalue weighted by molar-refractivity contribution is 5.83. The van der Waals surface area contributed by atoms with E-state index >= 15 is 0 Å². The van der Waals surface area contributed by atoms with Gasteiger partial charge in [0.2, 0.25) is 0 Å². The highest BCUT2D eigenvalue weighted by Crippen LogP contribution is 2.43. The van der Waals surface area contributed by atoms with E-state index in [1.807, 2.05) is 19.1 Å². The molecule has 1 aromatic rings. The molecule has 0 spiro atoms. The molecule has 0 saturated carbocycles. The predicted molar refractivity (Wildman–Crippen MR) is 111 cm³/mol. The van der Waals surface area contributed by atoms with Crippen LogP contribution in [-0.2, 0) is 30.5 Å². The minimum absolute atomic E-state index is 0.109. The number of rotatable bonds is 3. The van der Waals surface area contributed by atoms with Crippen molar-refractivity contribution in [2.24, 2.45) is 11.3 Å². The lowest BCUT2D eigenvalue weighted by molar-refractivity contribution is -0.193. The summed E-state index contributed by atoms with van der Waals surface area (Å²) in [5, 5.41) is 15.8. The summed E-state index contributed by atoms with van der Waals surface area (Å²) in [7, 11) is 0. The molecule has 3 aliphatic rings. The Labute approximate surface area is 206 Å². The third-order valence-electron chi connectivity index (χ3n) is 5.67. The molecule has 4 rings (SSSR count). The average molecular weight is 545 g/mol. The molecular weight excluding hydrogens is 520 g/mol. The number of amides is 1. The van der Waals surface area contributed by atoms with E-state index in [9.17, 15) is 31.1 Å². The van der Waals surface area contributed by atoms with Crippen molar-refractivity contribution < 1.29 is 60.5 Å². The zero-order chi connectivity index (χ0) is 28.0. The Morgan fingerprint density at radius 2 is 1.70 bits per heavy atom. The molecule has 2 atom stereocenters. The van der Waals surface area contributed by atoms with Crippen molar-refractivity contribution in [2.75, 3.05) is 39.5 Å². The van der Waals surface area contributed by atoms with Crippen LogP contribution in [0.2, 0.25) is 0 Å². The van der Waals surface area contributed by atoms with Gasteiger partial charge >= 0.3 is 24.3 Å². The number of alkyl halides is 6. The molecule has 208 valence electrons. The van der Waals surface area contributed by atoms with Gasteiger partial charge < -0.3 is 14.9 Å². The number of pyridine rings is 1. The molecule has 37 heavy (non-hydrogen) atoms. The Bertz CT molecular complexity index is 945. The summed E-state index contributed by atoms with van der Waals surface area (Å²) in [6, 6.07) is 6.10. The Balaban J connectivity index is 0.000000286. The predicted octanol–water partition coefficient (Wildman–Crippen LogP) is 2.27. The number of carbonyl (C=O) groups is 3. The van der Waals surface area contributed by atoms with Gasteiger partial charge in [0.05, 0.1) is 37.5 Å². The largest absolute Gasteiger partial charge is 0.490 e. The Morgan fingerprint density at radius 3 is 2.19 bits per heavy atom. The van der Waals surface area contributed by atoms with Crippen molar-refractivity contribution >= 4 is 17.8 Å². The van der Waals surface area contributed by atoms with E-state index in [2.05, 4.69) is 16.0 Å². The smallest absolute Gasteiger partial charge is 0.475 e. The zero-order valence-corrected chi connectivity index (χ0v) is 19.5. The third-order valence-corrected chi connectivity index (χ3v) is 5.67. The number of nitrogens with zero attached hydrogens (tertiary/aromatic N) is 3. The van der Waals surface area contributed by atoms with Crippen LogP contribution in [-0.4, -0.2) is 94.8 Å².